The first-order valence-electron chi connectivity index (χ1n) is 10.2. The van der Waals surface area contributed by atoms with Gasteiger partial charge in [0, 0.05) is 5.69 Å². The Balaban J connectivity index is 0.00000109. The van der Waals surface area contributed by atoms with Crippen LogP contribution in [0.4, 0.5) is 5.69 Å². The average molecular weight is 403 g/mol. The van der Waals surface area contributed by atoms with Crippen molar-refractivity contribution in [3.8, 4) is 5.75 Å². The topological polar surface area (TPSA) is 67.4 Å². The van der Waals surface area contributed by atoms with E-state index in [2.05, 4.69) is 10.0 Å². The second-order valence-corrected chi connectivity index (χ2v) is 8.68. The highest BCUT2D eigenvalue weighted by Crippen LogP contribution is 2.42. The Labute approximate surface area is 168 Å². The predicted octanol–water partition coefficient (Wildman–Crippen LogP) is 4.38. The first kappa shape index (κ1) is 20.7. The largest absolute Gasteiger partial charge is 0.493 e. The number of rotatable bonds is 4. The van der Waals surface area contributed by atoms with Crippen LogP contribution in [0, 0.1) is 5.92 Å². The van der Waals surface area contributed by atoms with E-state index in [1.54, 1.807) is 36.4 Å². The second kappa shape index (κ2) is 9.43. The fraction of sp³-hybridized carbons (Fsp3) is 0.455. The summed E-state index contributed by atoms with van der Waals surface area (Å²) in [5.74, 6) is 1.95. The zero-order valence-electron chi connectivity index (χ0n) is 16.6. The van der Waals surface area contributed by atoms with Crippen LogP contribution in [0.25, 0.3) is 0 Å². The van der Waals surface area contributed by atoms with E-state index in [-0.39, 0.29) is 4.90 Å². The number of nitrogens with one attached hydrogen (secondary N) is 2. The fourth-order valence-corrected chi connectivity index (χ4v) is 5.11. The highest BCUT2D eigenvalue weighted by molar-refractivity contribution is 7.92. The summed E-state index contributed by atoms with van der Waals surface area (Å²) in [5.41, 5.74) is 1.73. The normalized spacial score (nSPS) is 19.6. The van der Waals surface area contributed by atoms with Gasteiger partial charge in [-0.05, 0) is 80.1 Å². The first-order valence-corrected chi connectivity index (χ1v) is 11.7. The Morgan fingerprint density at radius 2 is 1.71 bits per heavy atom. The van der Waals surface area contributed by atoms with Crippen LogP contribution in [0.2, 0.25) is 0 Å². The molecule has 2 N–H and O–H groups in total. The van der Waals surface area contributed by atoms with Gasteiger partial charge in [0.05, 0.1) is 11.5 Å². The monoisotopic (exact) mass is 402 g/mol. The van der Waals surface area contributed by atoms with Gasteiger partial charge in [0.15, 0.2) is 0 Å². The molecule has 2 aromatic rings. The van der Waals surface area contributed by atoms with E-state index < -0.39 is 10.0 Å². The van der Waals surface area contributed by atoms with Crippen LogP contribution in [0.5, 0.6) is 5.75 Å². The molecule has 0 amide bonds. The number of benzene rings is 2. The minimum Gasteiger partial charge on any atom is -0.493 e. The van der Waals surface area contributed by atoms with Crippen LogP contribution in [0.15, 0.2) is 53.4 Å². The van der Waals surface area contributed by atoms with E-state index in [0.717, 1.165) is 50.3 Å². The van der Waals surface area contributed by atoms with Gasteiger partial charge in [-0.2, -0.15) is 0 Å². The molecule has 2 aliphatic heterocycles. The summed E-state index contributed by atoms with van der Waals surface area (Å²) in [6, 6.07) is 14.1. The van der Waals surface area contributed by atoms with Crippen LogP contribution in [0.1, 0.15) is 44.6 Å². The first-order chi connectivity index (χ1) is 13.6. The van der Waals surface area contributed by atoms with Crippen molar-refractivity contribution in [2.75, 3.05) is 24.4 Å². The molecule has 2 aromatic carbocycles. The number of sulfonamides is 1. The molecule has 0 aliphatic carbocycles. The Hall–Kier alpha value is -2.05. The van der Waals surface area contributed by atoms with Gasteiger partial charge < -0.3 is 10.1 Å². The average Bonchev–Trinajstić information content (AvgIpc) is 2.76. The lowest BCUT2D eigenvalue weighted by atomic mass is 9.77. The maximum absolute atomic E-state index is 12.6. The lowest BCUT2D eigenvalue weighted by molar-refractivity contribution is 0.216. The minimum atomic E-state index is -3.58. The second-order valence-electron chi connectivity index (χ2n) is 7.00. The van der Waals surface area contributed by atoms with Crippen molar-refractivity contribution in [1.82, 2.24) is 5.32 Å². The molecule has 0 aromatic heterocycles. The van der Waals surface area contributed by atoms with Gasteiger partial charge in [0.1, 0.15) is 5.75 Å². The quantitative estimate of drug-likeness (QED) is 0.796. The zero-order chi connectivity index (χ0) is 20.0. The number of anilines is 1. The maximum atomic E-state index is 12.6. The van der Waals surface area contributed by atoms with Crippen LogP contribution >= 0.6 is 0 Å². The van der Waals surface area contributed by atoms with E-state index >= 15 is 0 Å². The van der Waals surface area contributed by atoms with Crippen LogP contribution in [0.3, 0.4) is 0 Å². The van der Waals surface area contributed by atoms with Gasteiger partial charge >= 0.3 is 0 Å². The molecule has 6 heteroatoms. The molecular weight excluding hydrogens is 372 g/mol. The Morgan fingerprint density at radius 1 is 1.00 bits per heavy atom. The molecule has 0 radical (unpaired) electrons. The molecule has 1 saturated heterocycles. The van der Waals surface area contributed by atoms with Crippen molar-refractivity contribution >= 4 is 15.7 Å². The Morgan fingerprint density at radius 3 is 2.43 bits per heavy atom. The third kappa shape index (κ3) is 4.67. The molecule has 1 atom stereocenters. The number of fused-ring (bicyclic) bond motifs is 1. The molecular formula is C22H30N2O3S. The number of piperidine rings is 1. The highest BCUT2D eigenvalue weighted by Gasteiger charge is 2.30. The van der Waals surface area contributed by atoms with Gasteiger partial charge in [0.2, 0.25) is 0 Å². The lowest BCUT2D eigenvalue weighted by Crippen LogP contribution is -2.32. The van der Waals surface area contributed by atoms with Gasteiger partial charge in [-0.25, -0.2) is 8.42 Å². The third-order valence-electron chi connectivity index (χ3n) is 5.35. The Kier molecular flexibility index (Phi) is 6.97. The number of ether oxygens (including phenoxy) is 1. The van der Waals surface area contributed by atoms with E-state index in [1.165, 1.54) is 0 Å². The van der Waals surface area contributed by atoms with Crippen molar-refractivity contribution in [2.45, 2.75) is 43.9 Å². The van der Waals surface area contributed by atoms with Crippen molar-refractivity contribution in [3.63, 3.8) is 0 Å². The van der Waals surface area contributed by atoms with Crippen LogP contribution in [-0.2, 0) is 10.0 Å². The number of hydrogen-bond donors (Lipinski definition) is 2. The predicted molar refractivity (Wildman–Crippen MR) is 113 cm³/mol. The molecule has 0 spiro atoms. The molecule has 2 aliphatic rings. The molecule has 4 rings (SSSR count). The molecule has 152 valence electrons. The maximum Gasteiger partial charge on any atom is 0.261 e. The van der Waals surface area contributed by atoms with E-state index in [0.29, 0.717) is 17.5 Å². The van der Waals surface area contributed by atoms with Crippen molar-refractivity contribution < 1.29 is 13.2 Å². The van der Waals surface area contributed by atoms with Crippen LogP contribution in [-0.4, -0.2) is 28.1 Å². The molecule has 0 saturated carbocycles. The summed E-state index contributed by atoms with van der Waals surface area (Å²) in [6.07, 6.45) is 3.31. The van der Waals surface area contributed by atoms with Crippen LogP contribution < -0.4 is 14.8 Å². The van der Waals surface area contributed by atoms with Crippen molar-refractivity contribution in [1.29, 1.82) is 0 Å². The molecule has 2 heterocycles. The Bertz CT molecular complexity index is 863. The highest BCUT2D eigenvalue weighted by atomic mass is 32.2. The summed E-state index contributed by atoms with van der Waals surface area (Å²) in [6.45, 7) is 6.84. The lowest BCUT2D eigenvalue weighted by Gasteiger charge is -2.35. The summed E-state index contributed by atoms with van der Waals surface area (Å²) in [7, 11) is -3.58. The summed E-state index contributed by atoms with van der Waals surface area (Å²) in [5, 5.41) is 3.42. The molecule has 1 fully saturated rings. The minimum absolute atomic E-state index is 0.267. The van der Waals surface area contributed by atoms with Gasteiger partial charge in [-0.1, -0.05) is 32.0 Å². The smallest absolute Gasteiger partial charge is 0.261 e. The molecule has 0 bridgehead atoms. The van der Waals surface area contributed by atoms with Crippen molar-refractivity contribution in [3.05, 3.63) is 54.1 Å². The van der Waals surface area contributed by atoms with E-state index in [9.17, 15) is 8.42 Å². The third-order valence-corrected chi connectivity index (χ3v) is 6.75. The number of hydrogen-bond acceptors (Lipinski definition) is 4. The van der Waals surface area contributed by atoms with Crippen molar-refractivity contribution in [2.24, 2.45) is 5.92 Å². The summed E-state index contributed by atoms with van der Waals surface area (Å²) >= 11 is 0. The standard InChI is InChI=1S/C20H24N2O3S.C2H6/c23-26(24,17-4-2-1-3-5-17)22-16-6-7-20-19(14-16)18(10-13-25-20)15-8-11-21-12-9-15;1-2/h1-7,14-15,18,21-22H,8-13H2;1-2H3. The molecule has 28 heavy (non-hydrogen) atoms. The van der Waals surface area contributed by atoms with Gasteiger partial charge in [-0.15, -0.1) is 0 Å². The van der Waals surface area contributed by atoms with E-state index in [1.807, 2.05) is 26.0 Å². The fourth-order valence-electron chi connectivity index (χ4n) is 4.03. The molecule has 1 unspecified atom stereocenters. The van der Waals surface area contributed by atoms with Gasteiger partial charge in [-0.3, -0.25) is 4.72 Å². The SMILES string of the molecule is CC.O=S(=O)(Nc1ccc2c(c1)C(C1CCNCC1)CCO2)c1ccccc1. The van der Waals surface area contributed by atoms with Gasteiger partial charge in [0.25, 0.3) is 10.0 Å². The van der Waals surface area contributed by atoms with E-state index in [4.69, 9.17) is 4.74 Å². The zero-order valence-corrected chi connectivity index (χ0v) is 17.5. The summed E-state index contributed by atoms with van der Waals surface area (Å²) in [4.78, 5) is 0.267. The summed E-state index contributed by atoms with van der Waals surface area (Å²) < 4.78 is 33.7. The molecule has 5 nitrogen and oxygen atoms in total.